The largest absolute Gasteiger partial charge is 0.478 e. The fourth-order valence-electron chi connectivity index (χ4n) is 1.73. The zero-order chi connectivity index (χ0) is 15.6. The summed E-state index contributed by atoms with van der Waals surface area (Å²) >= 11 is 0. The van der Waals surface area contributed by atoms with Crippen molar-refractivity contribution >= 4 is 23.6 Å². The molecular formula is C12H14N2O6. The molecule has 0 spiro atoms. The molecule has 0 radical (unpaired) electrons. The van der Waals surface area contributed by atoms with Crippen LogP contribution in [0.15, 0.2) is 23.5 Å². The van der Waals surface area contributed by atoms with Gasteiger partial charge >= 0.3 is 17.9 Å². The minimum Gasteiger partial charge on any atom is -0.478 e. The van der Waals surface area contributed by atoms with Crippen molar-refractivity contribution in [2.75, 3.05) is 11.9 Å². The third-order valence-electron chi connectivity index (χ3n) is 2.81. The Labute approximate surface area is 114 Å². The van der Waals surface area contributed by atoms with E-state index in [2.05, 4.69) is 0 Å². The molecule has 0 aliphatic rings. The Morgan fingerprint density at radius 1 is 1.15 bits per heavy atom. The number of likely N-dealkylation sites (N-methyl/N-ethyl adjacent to an activating group) is 1. The highest BCUT2D eigenvalue weighted by Crippen LogP contribution is 2.22. The van der Waals surface area contributed by atoms with Gasteiger partial charge in [-0.15, -0.1) is 0 Å². The van der Waals surface area contributed by atoms with Gasteiger partial charge in [-0.25, -0.2) is 14.4 Å². The van der Waals surface area contributed by atoms with E-state index in [1.54, 1.807) is 0 Å². The van der Waals surface area contributed by atoms with Crippen LogP contribution in [0.2, 0.25) is 0 Å². The van der Waals surface area contributed by atoms with Crippen molar-refractivity contribution in [1.82, 2.24) is 4.57 Å². The van der Waals surface area contributed by atoms with E-state index in [1.165, 1.54) is 37.8 Å². The second kappa shape index (κ2) is 5.47. The van der Waals surface area contributed by atoms with Crippen LogP contribution in [-0.4, -0.2) is 44.8 Å². The quantitative estimate of drug-likeness (QED) is 0.676. The summed E-state index contributed by atoms with van der Waals surface area (Å²) < 4.78 is 1.31. The van der Waals surface area contributed by atoms with E-state index < -0.39 is 23.6 Å². The second-order valence-electron chi connectivity index (χ2n) is 4.14. The number of aromatic nitrogens is 1. The maximum absolute atomic E-state index is 11.2. The van der Waals surface area contributed by atoms with E-state index in [4.69, 9.17) is 15.3 Å². The number of anilines is 1. The van der Waals surface area contributed by atoms with Gasteiger partial charge in [-0.1, -0.05) is 0 Å². The highest BCUT2D eigenvalue weighted by atomic mass is 16.4. The van der Waals surface area contributed by atoms with Gasteiger partial charge in [0, 0.05) is 20.3 Å². The van der Waals surface area contributed by atoms with Crippen LogP contribution in [0.5, 0.6) is 0 Å². The number of hydrogen-bond donors (Lipinski definition) is 3. The minimum absolute atomic E-state index is 0.0374. The summed E-state index contributed by atoms with van der Waals surface area (Å²) in [6.45, 7) is 1.17. The van der Waals surface area contributed by atoms with Crippen molar-refractivity contribution < 1.29 is 29.7 Å². The van der Waals surface area contributed by atoms with Crippen LogP contribution in [0.3, 0.4) is 0 Å². The molecular weight excluding hydrogens is 268 g/mol. The van der Waals surface area contributed by atoms with Crippen LogP contribution < -0.4 is 4.90 Å². The zero-order valence-electron chi connectivity index (χ0n) is 11.1. The van der Waals surface area contributed by atoms with Crippen LogP contribution in [0.1, 0.15) is 17.4 Å². The first-order chi connectivity index (χ1) is 9.16. The lowest BCUT2D eigenvalue weighted by Gasteiger charge is -2.19. The Kier molecular flexibility index (Phi) is 4.18. The SMILES string of the molecule is CC(C(=O)O)=C(C(=O)O)N(C)c1cc(C(=O)O)n(C)c1. The highest BCUT2D eigenvalue weighted by molar-refractivity contribution is 6.01. The van der Waals surface area contributed by atoms with Gasteiger partial charge in [0.1, 0.15) is 11.4 Å². The Balaban J connectivity index is 3.34. The average molecular weight is 282 g/mol. The van der Waals surface area contributed by atoms with Gasteiger partial charge in [0.15, 0.2) is 0 Å². The van der Waals surface area contributed by atoms with E-state index in [-0.39, 0.29) is 17.0 Å². The molecule has 0 bridgehead atoms. The van der Waals surface area contributed by atoms with E-state index in [0.29, 0.717) is 0 Å². The topological polar surface area (TPSA) is 120 Å². The molecule has 8 heteroatoms. The number of carbonyl (C=O) groups is 3. The number of carboxylic acids is 3. The predicted octanol–water partition coefficient (Wildman–Crippen LogP) is 0.603. The normalized spacial score (nSPS) is 11.8. The number of carboxylic acid groups (broad SMARTS) is 3. The molecule has 1 heterocycles. The van der Waals surface area contributed by atoms with Gasteiger partial charge in [-0.3, -0.25) is 0 Å². The molecule has 0 aromatic carbocycles. The molecule has 0 saturated carbocycles. The standard InChI is InChI=1S/C12H14N2O6/c1-6(10(15)16)9(12(19)20)14(3)7-4-8(11(17)18)13(2)5-7/h4-5H,1-3H3,(H,15,16)(H,17,18)(H,19,20). The second-order valence-corrected chi connectivity index (χ2v) is 4.14. The smallest absolute Gasteiger partial charge is 0.353 e. The molecule has 20 heavy (non-hydrogen) atoms. The molecule has 0 fully saturated rings. The monoisotopic (exact) mass is 282 g/mol. The molecule has 0 aliphatic carbocycles. The van der Waals surface area contributed by atoms with E-state index in [0.717, 1.165) is 4.90 Å². The van der Waals surface area contributed by atoms with Crippen LogP contribution in [0.4, 0.5) is 5.69 Å². The lowest BCUT2D eigenvalue weighted by atomic mass is 10.2. The third kappa shape index (κ3) is 2.79. The molecule has 0 aliphatic heterocycles. The summed E-state index contributed by atoms with van der Waals surface area (Å²) in [6, 6.07) is 1.26. The number of nitrogens with zero attached hydrogens (tertiary/aromatic N) is 2. The molecule has 1 rings (SSSR count). The predicted molar refractivity (Wildman–Crippen MR) is 68.7 cm³/mol. The summed E-state index contributed by atoms with van der Waals surface area (Å²) in [5, 5.41) is 27.0. The minimum atomic E-state index is -1.41. The average Bonchev–Trinajstić information content (AvgIpc) is 2.70. The zero-order valence-corrected chi connectivity index (χ0v) is 11.1. The molecule has 0 unspecified atom stereocenters. The van der Waals surface area contributed by atoms with Gasteiger partial charge < -0.3 is 24.8 Å². The summed E-state index contributed by atoms with van der Waals surface area (Å²) in [5.74, 6) is -3.93. The molecule has 108 valence electrons. The van der Waals surface area contributed by atoms with E-state index in [1.807, 2.05) is 0 Å². The number of aromatic carboxylic acids is 1. The third-order valence-corrected chi connectivity index (χ3v) is 2.81. The number of aliphatic carboxylic acids is 2. The van der Waals surface area contributed by atoms with Crippen molar-refractivity contribution in [2.24, 2.45) is 7.05 Å². The van der Waals surface area contributed by atoms with Gasteiger partial charge in [0.05, 0.1) is 11.3 Å². The Hall–Kier alpha value is -2.77. The van der Waals surface area contributed by atoms with Crippen molar-refractivity contribution in [3.8, 4) is 0 Å². The molecule has 0 saturated heterocycles. The molecule has 1 aromatic heterocycles. The molecule has 0 amide bonds. The number of rotatable bonds is 5. The summed E-state index contributed by atoms with van der Waals surface area (Å²) in [6.07, 6.45) is 1.40. The van der Waals surface area contributed by atoms with Crippen molar-refractivity contribution in [2.45, 2.75) is 6.92 Å². The summed E-state index contributed by atoms with van der Waals surface area (Å²) in [4.78, 5) is 34.2. The van der Waals surface area contributed by atoms with Crippen molar-refractivity contribution in [3.05, 3.63) is 29.2 Å². The first kappa shape index (κ1) is 15.3. The highest BCUT2D eigenvalue weighted by Gasteiger charge is 2.23. The van der Waals surface area contributed by atoms with Gasteiger partial charge in [0.25, 0.3) is 0 Å². The van der Waals surface area contributed by atoms with Crippen molar-refractivity contribution in [1.29, 1.82) is 0 Å². The maximum atomic E-state index is 11.2. The molecule has 1 aromatic rings. The van der Waals surface area contributed by atoms with Crippen LogP contribution in [0.25, 0.3) is 0 Å². The van der Waals surface area contributed by atoms with Gasteiger partial charge in [-0.2, -0.15) is 0 Å². The molecule has 8 nitrogen and oxygen atoms in total. The fourth-order valence-corrected chi connectivity index (χ4v) is 1.73. The number of hydrogen-bond acceptors (Lipinski definition) is 4. The van der Waals surface area contributed by atoms with Crippen LogP contribution >= 0.6 is 0 Å². The fraction of sp³-hybridized carbons (Fsp3) is 0.250. The molecule has 3 N–H and O–H groups in total. The summed E-state index contributed by atoms with van der Waals surface area (Å²) in [5.41, 5.74) is -0.548. The van der Waals surface area contributed by atoms with Crippen LogP contribution in [-0.2, 0) is 16.6 Å². The maximum Gasteiger partial charge on any atom is 0.353 e. The van der Waals surface area contributed by atoms with Gasteiger partial charge in [0.2, 0.25) is 0 Å². The van der Waals surface area contributed by atoms with E-state index in [9.17, 15) is 14.4 Å². The first-order valence-corrected chi connectivity index (χ1v) is 5.47. The lowest BCUT2D eigenvalue weighted by Crippen LogP contribution is -2.26. The van der Waals surface area contributed by atoms with Gasteiger partial charge in [-0.05, 0) is 13.0 Å². The van der Waals surface area contributed by atoms with E-state index >= 15 is 0 Å². The lowest BCUT2D eigenvalue weighted by molar-refractivity contribution is -0.135. The Morgan fingerprint density at radius 3 is 2.05 bits per heavy atom. The van der Waals surface area contributed by atoms with Crippen molar-refractivity contribution in [3.63, 3.8) is 0 Å². The van der Waals surface area contributed by atoms with Crippen LogP contribution in [0, 0.1) is 0 Å². The Morgan fingerprint density at radius 2 is 1.70 bits per heavy atom. The number of aryl methyl sites for hydroxylation is 1. The summed E-state index contributed by atoms with van der Waals surface area (Å²) in [7, 11) is 2.85. The Bertz CT molecular complexity index is 613. The first-order valence-electron chi connectivity index (χ1n) is 5.47. The molecule has 0 atom stereocenters.